The fraction of sp³-hybridized carbons (Fsp3) is 0.700. The van der Waals surface area contributed by atoms with E-state index in [1.54, 1.807) is 7.05 Å². The summed E-state index contributed by atoms with van der Waals surface area (Å²) in [5.41, 5.74) is -0.897. The molecule has 1 atom stereocenters. The Labute approximate surface area is 113 Å². The van der Waals surface area contributed by atoms with Crippen molar-refractivity contribution in [2.45, 2.75) is 25.1 Å². The Hall–Kier alpha value is -0.670. The van der Waals surface area contributed by atoms with Crippen molar-refractivity contribution in [3.05, 3.63) is 15.6 Å². The van der Waals surface area contributed by atoms with Crippen molar-refractivity contribution >= 4 is 21.2 Å². The molecule has 108 valence electrons. The molecule has 0 aliphatic carbocycles. The number of nitrogens with zero attached hydrogens (tertiary/aromatic N) is 1. The van der Waals surface area contributed by atoms with Crippen LogP contribution in [0.2, 0.25) is 0 Å². The molecule has 0 saturated carbocycles. The van der Waals surface area contributed by atoms with Gasteiger partial charge >= 0.3 is 6.18 Å². The zero-order chi connectivity index (χ0) is 14.3. The molecular weight excluding hydrogens is 301 g/mol. The zero-order valence-electron chi connectivity index (χ0n) is 10.1. The lowest BCUT2D eigenvalue weighted by Gasteiger charge is -2.05. The fourth-order valence-electron chi connectivity index (χ4n) is 2.04. The molecule has 4 nitrogen and oxygen atoms in total. The molecule has 19 heavy (non-hydrogen) atoms. The summed E-state index contributed by atoms with van der Waals surface area (Å²) in [6.45, 7) is 0.0754. The Balaban J connectivity index is 2.33. The van der Waals surface area contributed by atoms with Gasteiger partial charge in [-0.25, -0.2) is 13.4 Å². The van der Waals surface area contributed by atoms with Crippen LogP contribution in [0.1, 0.15) is 27.9 Å². The third-order valence-corrected chi connectivity index (χ3v) is 5.89. The average molecular weight is 314 g/mol. The summed E-state index contributed by atoms with van der Waals surface area (Å²) in [6.07, 6.45) is -4.15. The summed E-state index contributed by atoms with van der Waals surface area (Å²) < 4.78 is 61.2. The Morgan fingerprint density at radius 3 is 2.63 bits per heavy atom. The van der Waals surface area contributed by atoms with Crippen LogP contribution in [0.3, 0.4) is 0 Å². The van der Waals surface area contributed by atoms with E-state index < -0.39 is 27.6 Å². The summed E-state index contributed by atoms with van der Waals surface area (Å²) in [4.78, 5) is 3.74. The molecule has 1 unspecified atom stereocenters. The van der Waals surface area contributed by atoms with Crippen LogP contribution in [0.4, 0.5) is 13.2 Å². The monoisotopic (exact) mass is 314 g/mol. The van der Waals surface area contributed by atoms with E-state index in [4.69, 9.17) is 0 Å². The molecule has 0 bridgehead atoms. The van der Waals surface area contributed by atoms with Gasteiger partial charge in [0.1, 0.15) is 0 Å². The summed E-state index contributed by atoms with van der Waals surface area (Å²) in [5.74, 6) is -0.474. The van der Waals surface area contributed by atoms with Crippen molar-refractivity contribution in [3.8, 4) is 0 Å². The third kappa shape index (κ3) is 3.26. The smallest absolute Gasteiger partial charge is 0.315 e. The summed E-state index contributed by atoms with van der Waals surface area (Å²) in [7, 11) is -1.57. The van der Waals surface area contributed by atoms with Crippen molar-refractivity contribution in [1.82, 2.24) is 10.3 Å². The molecule has 0 amide bonds. The van der Waals surface area contributed by atoms with Crippen LogP contribution in [0.25, 0.3) is 0 Å². The molecule has 1 aromatic heterocycles. The van der Waals surface area contributed by atoms with Gasteiger partial charge in [0.25, 0.3) is 0 Å². The molecule has 9 heteroatoms. The molecule has 0 spiro atoms. The quantitative estimate of drug-likeness (QED) is 0.924. The molecule has 1 saturated heterocycles. The number of sulfone groups is 1. The normalized spacial score (nSPS) is 22.8. The Bertz CT molecular complexity index is 566. The maximum Gasteiger partial charge on any atom is 0.434 e. The molecule has 1 N–H and O–H groups in total. The maximum absolute atomic E-state index is 12.8. The number of thiazole rings is 1. The number of hydrogen-bond acceptors (Lipinski definition) is 5. The minimum absolute atomic E-state index is 0.0277. The summed E-state index contributed by atoms with van der Waals surface area (Å²) in [5, 5.41) is 2.95. The van der Waals surface area contributed by atoms with E-state index in [0.717, 1.165) is 11.3 Å². The van der Waals surface area contributed by atoms with E-state index in [9.17, 15) is 21.6 Å². The van der Waals surface area contributed by atoms with Gasteiger partial charge in [-0.15, -0.1) is 11.3 Å². The van der Waals surface area contributed by atoms with Gasteiger partial charge in [0.05, 0.1) is 21.4 Å². The van der Waals surface area contributed by atoms with Gasteiger partial charge in [0, 0.05) is 12.5 Å². The number of alkyl halides is 3. The van der Waals surface area contributed by atoms with Crippen molar-refractivity contribution in [2.75, 3.05) is 18.6 Å². The lowest BCUT2D eigenvalue weighted by Crippen LogP contribution is -2.13. The highest BCUT2D eigenvalue weighted by atomic mass is 32.2. The first-order chi connectivity index (χ1) is 8.73. The van der Waals surface area contributed by atoms with E-state index in [1.807, 2.05) is 0 Å². The van der Waals surface area contributed by atoms with E-state index in [-0.39, 0.29) is 27.9 Å². The van der Waals surface area contributed by atoms with Gasteiger partial charge in [0.2, 0.25) is 0 Å². The fourth-order valence-corrected chi connectivity index (χ4v) is 5.12. The first-order valence-corrected chi connectivity index (χ1v) is 8.28. The predicted molar refractivity (Wildman–Crippen MR) is 65.9 cm³/mol. The maximum atomic E-state index is 12.8. The van der Waals surface area contributed by atoms with Crippen LogP contribution in [0, 0.1) is 0 Å². The lowest BCUT2D eigenvalue weighted by atomic mass is 10.1. The largest absolute Gasteiger partial charge is 0.434 e. The van der Waals surface area contributed by atoms with Crippen molar-refractivity contribution < 1.29 is 21.6 Å². The third-order valence-electron chi connectivity index (χ3n) is 2.90. The minimum atomic E-state index is -4.50. The second-order valence-corrected chi connectivity index (χ2v) is 7.80. The van der Waals surface area contributed by atoms with Crippen LogP contribution < -0.4 is 5.32 Å². The van der Waals surface area contributed by atoms with Crippen molar-refractivity contribution in [2.24, 2.45) is 0 Å². The second-order valence-electron chi connectivity index (χ2n) is 4.45. The molecule has 2 rings (SSSR count). The highest BCUT2D eigenvalue weighted by Gasteiger charge is 2.39. The predicted octanol–water partition coefficient (Wildman–Crippen LogP) is 1.78. The van der Waals surface area contributed by atoms with Gasteiger partial charge in [-0.3, -0.25) is 0 Å². The lowest BCUT2D eigenvalue weighted by molar-refractivity contribution is -0.141. The second kappa shape index (κ2) is 5.02. The number of halogens is 3. The molecule has 1 aliphatic heterocycles. The first-order valence-electron chi connectivity index (χ1n) is 5.65. The highest BCUT2D eigenvalue weighted by molar-refractivity contribution is 7.91. The number of aromatic nitrogens is 1. The SMILES string of the molecule is CNCc1sc(C2CCS(=O)(=O)C2)nc1C(F)(F)F. The first kappa shape index (κ1) is 14.7. The van der Waals surface area contributed by atoms with Crippen LogP contribution >= 0.6 is 11.3 Å². The standard InChI is InChI=1S/C10H13F3N2O2S2/c1-14-4-7-8(10(11,12)13)15-9(18-7)6-2-3-19(16,17)5-6/h6,14H,2-5H2,1H3. The van der Waals surface area contributed by atoms with Gasteiger partial charge in [-0.2, -0.15) is 13.2 Å². The van der Waals surface area contributed by atoms with E-state index in [2.05, 4.69) is 10.3 Å². The van der Waals surface area contributed by atoms with E-state index >= 15 is 0 Å². The van der Waals surface area contributed by atoms with Crippen LogP contribution in [0.5, 0.6) is 0 Å². The van der Waals surface area contributed by atoms with Gasteiger partial charge in [-0.1, -0.05) is 0 Å². The van der Waals surface area contributed by atoms with Gasteiger partial charge < -0.3 is 5.32 Å². The molecule has 1 aliphatic rings. The number of rotatable bonds is 3. The van der Waals surface area contributed by atoms with E-state index in [0.29, 0.717) is 6.42 Å². The Morgan fingerprint density at radius 1 is 1.47 bits per heavy atom. The Kier molecular flexibility index (Phi) is 3.90. The van der Waals surface area contributed by atoms with Gasteiger partial charge in [-0.05, 0) is 13.5 Å². The summed E-state index contributed by atoms with van der Waals surface area (Å²) >= 11 is 0.951. The molecule has 0 radical (unpaired) electrons. The Morgan fingerprint density at radius 2 is 2.16 bits per heavy atom. The van der Waals surface area contributed by atoms with Crippen molar-refractivity contribution in [3.63, 3.8) is 0 Å². The molecular formula is C10H13F3N2O2S2. The van der Waals surface area contributed by atoms with Crippen molar-refractivity contribution in [1.29, 1.82) is 0 Å². The number of nitrogens with one attached hydrogen (secondary N) is 1. The van der Waals surface area contributed by atoms with Gasteiger partial charge in [0.15, 0.2) is 15.5 Å². The van der Waals surface area contributed by atoms with Crippen LogP contribution in [0.15, 0.2) is 0 Å². The molecule has 1 fully saturated rings. The highest BCUT2D eigenvalue weighted by Crippen LogP contribution is 2.39. The summed E-state index contributed by atoms with van der Waals surface area (Å²) in [6, 6.07) is 0. The average Bonchev–Trinajstić information content (AvgIpc) is 2.81. The van der Waals surface area contributed by atoms with Crippen LogP contribution in [-0.2, 0) is 22.6 Å². The molecule has 2 heterocycles. The van der Waals surface area contributed by atoms with Crippen LogP contribution in [-0.4, -0.2) is 32.0 Å². The molecule has 0 aromatic carbocycles. The molecule has 1 aromatic rings. The van der Waals surface area contributed by atoms with E-state index in [1.165, 1.54) is 0 Å². The minimum Gasteiger partial charge on any atom is -0.315 e. The zero-order valence-corrected chi connectivity index (χ0v) is 11.8. The number of hydrogen-bond donors (Lipinski definition) is 1. The topological polar surface area (TPSA) is 59.1 Å².